The molecule has 0 N–H and O–H groups in total. The summed E-state index contributed by atoms with van der Waals surface area (Å²) >= 11 is 0. The summed E-state index contributed by atoms with van der Waals surface area (Å²) < 4.78 is 16.9. The van der Waals surface area contributed by atoms with E-state index in [1.165, 1.54) is 161 Å². The first-order valence-corrected chi connectivity index (χ1v) is 32.1. The smallest absolute Gasteiger partial charge is 0.306 e. The average molecular weight is 1050 g/mol. The molecule has 0 fully saturated rings. The zero-order valence-electron chi connectivity index (χ0n) is 49.6. The molecule has 0 aromatic carbocycles. The number of esters is 3. The topological polar surface area (TPSA) is 78.9 Å². The van der Waals surface area contributed by atoms with Crippen molar-refractivity contribution in [3.8, 4) is 0 Å². The standard InChI is InChI=1S/C69H120O6/c1-4-7-10-13-16-19-22-25-28-29-30-31-32-33-34-35-36-37-38-39-42-44-47-50-53-56-59-62-68(71)74-65-66(75-69(72)63-60-57-54-51-48-45-41-27-24-21-18-15-12-9-6-3)64-73-67(70)61-58-55-52-49-46-43-40-26-23-20-17-14-11-8-5-2/h17-18,20-22,25-27,29-30,32-33,40-41,66H,4-16,19,23-24,28,31,34-39,42-65H2,1-3H3/b20-17-,21-18-,25-22-,30-29-,33-32-,40-26-,41-27-. The monoisotopic (exact) mass is 1040 g/mol. The Bertz CT molecular complexity index is 1430. The molecule has 6 nitrogen and oxygen atoms in total. The quantitative estimate of drug-likeness (QED) is 0.0261. The molecule has 0 amide bonds. The number of carbonyl (C=O) groups is 3. The molecule has 0 aliphatic carbocycles. The largest absolute Gasteiger partial charge is 0.462 e. The minimum Gasteiger partial charge on any atom is -0.462 e. The van der Waals surface area contributed by atoms with Crippen LogP contribution in [-0.4, -0.2) is 37.2 Å². The summed E-state index contributed by atoms with van der Waals surface area (Å²) in [5.74, 6) is -0.907. The molecule has 0 aromatic heterocycles. The number of carbonyl (C=O) groups excluding carboxylic acids is 3. The van der Waals surface area contributed by atoms with Crippen molar-refractivity contribution in [1.29, 1.82) is 0 Å². The Morgan fingerprint density at radius 3 is 0.773 bits per heavy atom. The van der Waals surface area contributed by atoms with Crippen LogP contribution in [0.4, 0.5) is 0 Å². The van der Waals surface area contributed by atoms with Crippen LogP contribution in [0, 0.1) is 0 Å². The van der Waals surface area contributed by atoms with E-state index in [1.54, 1.807) is 0 Å². The van der Waals surface area contributed by atoms with Crippen LogP contribution in [0.3, 0.4) is 0 Å². The minimum atomic E-state index is -0.792. The van der Waals surface area contributed by atoms with Gasteiger partial charge in [0.1, 0.15) is 13.2 Å². The zero-order chi connectivity index (χ0) is 54.3. The van der Waals surface area contributed by atoms with E-state index in [9.17, 15) is 14.4 Å². The van der Waals surface area contributed by atoms with Crippen molar-refractivity contribution in [3.05, 3.63) is 85.1 Å². The summed E-state index contributed by atoms with van der Waals surface area (Å²) in [4.78, 5) is 38.3. The fourth-order valence-corrected chi connectivity index (χ4v) is 8.98. The summed E-state index contributed by atoms with van der Waals surface area (Å²) in [5, 5.41) is 0. The van der Waals surface area contributed by atoms with Crippen molar-refractivity contribution < 1.29 is 28.6 Å². The molecular formula is C69H120O6. The van der Waals surface area contributed by atoms with Crippen LogP contribution in [0.25, 0.3) is 0 Å². The van der Waals surface area contributed by atoms with Gasteiger partial charge >= 0.3 is 17.9 Å². The Morgan fingerprint density at radius 2 is 0.480 bits per heavy atom. The summed E-state index contributed by atoms with van der Waals surface area (Å²) in [7, 11) is 0. The van der Waals surface area contributed by atoms with Gasteiger partial charge in [0.05, 0.1) is 0 Å². The molecule has 75 heavy (non-hydrogen) atoms. The van der Waals surface area contributed by atoms with Crippen LogP contribution < -0.4 is 0 Å². The van der Waals surface area contributed by atoms with Gasteiger partial charge in [0.15, 0.2) is 6.10 Å². The molecule has 0 aliphatic heterocycles. The van der Waals surface area contributed by atoms with Crippen LogP contribution in [0.2, 0.25) is 0 Å². The van der Waals surface area contributed by atoms with Crippen molar-refractivity contribution in [2.75, 3.05) is 13.2 Å². The van der Waals surface area contributed by atoms with Crippen molar-refractivity contribution in [3.63, 3.8) is 0 Å². The Morgan fingerprint density at radius 1 is 0.267 bits per heavy atom. The second-order valence-corrected chi connectivity index (χ2v) is 21.3. The van der Waals surface area contributed by atoms with E-state index >= 15 is 0 Å². The molecular weight excluding hydrogens is 925 g/mol. The van der Waals surface area contributed by atoms with Crippen molar-refractivity contribution in [1.82, 2.24) is 0 Å². The van der Waals surface area contributed by atoms with Crippen LogP contribution in [0.5, 0.6) is 0 Å². The molecule has 0 bridgehead atoms. The molecule has 1 atom stereocenters. The second-order valence-electron chi connectivity index (χ2n) is 21.3. The molecule has 0 spiro atoms. The molecule has 0 saturated heterocycles. The predicted molar refractivity (Wildman–Crippen MR) is 325 cm³/mol. The maximum atomic E-state index is 12.9. The van der Waals surface area contributed by atoms with E-state index in [4.69, 9.17) is 14.2 Å². The van der Waals surface area contributed by atoms with Crippen molar-refractivity contribution in [2.24, 2.45) is 0 Å². The first-order valence-electron chi connectivity index (χ1n) is 32.1. The minimum absolute atomic E-state index is 0.0869. The van der Waals surface area contributed by atoms with Gasteiger partial charge in [0.25, 0.3) is 0 Å². The number of ether oxygens (including phenoxy) is 3. The van der Waals surface area contributed by atoms with Crippen molar-refractivity contribution >= 4 is 17.9 Å². The lowest BCUT2D eigenvalue weighted by atomic mass is 10.0. The van der Waals surface area contributed by atoms with Gasteiger partial charge in [-0.2, -0.15) is 0 Å². The van der Waals surface area contributed by atoms with Gasteiger partial charge in [0, 0.05) is 19.3 Å². The number of unbranched alkanes of at least 4 members (excludes halogenated alkanes) is 33. The van der Waals surface area contributed by atoms with Crippen LogP contribution in [-0.2, 0) is 28.6 Å². The molecule has 6 heteroatoms. The molecule has 0 aromatic rings. The lowest BCUT2D eigenvalue weighted by Gasteiger charge is -2.18. The van der Waals surface area contributed by atoms with Gasteiger partial charge in [0.2, 0.25) is 0 Å². The number of hydrogen-bond acceptors (Lipinski definition) is 6. The third-order valence-corrected chi connectivity index (χ3v) is 13.8. The highest BCUT2D eigenvalue weighted by molar-refractivity contribution is 5.71. The number of allylic oxidation sites excluding steroid dienone is 14. The maximum absolute atomic E-state index is 12.9. The third-order valence-electron chi connectivity index (χ3n) is 13.8. The van der Waals surface area contributed by atoms with Crippen molar-refractivity contribution in [2.45, 2.75) is 322 Å². The summed E-state index contributed by atoms with van der Waals surface area (Å²) in [6.07, 6.45) is 83.0. The Labute approximate surface area is 465 Å². The van der Waals surface area contributed by atoms with Gasteiger partial charge in [-0.3, -0.25) is 14.4 Å². The Balaban J connectivity index is 4.30. The van der Waals surface area contributed by atoms with Crippen LogP contribution >= 0.6 is 0 Å². The molecule has 0 aliphatic rings. The lowest BCUT2D eigenvalue weighted by Crippen LogP contribution is -2.30. The van der Waals surface area contributed by atoms with E-state index in [0.717, 1.165) is 116 Å². The van der Waals surface area contributed by atoms with Crippen LogP contribution in [0.15, 0.2) is 85.1 Å². The predicted octanol–water partition coefficient (Wildman–Crippen LogP) is 21.9. The van der Waals surface area contributed by atoms with E-state index in [2.05, 4.69) is 106 Å². The SMILES string of the molecule is CCCCC/C=C\C/C=C\CCCCCCCC(=O)OCC(COC(=O)CCCCCCCCCCCCCC/C=C\C/C=C\C/C=C\CCCCCCC)OC(=O)CCCCCCC/C=C\C/C=C\CCCCC. The fourth-order valence-electron chi connectivity index (χ4n) is 8.98. The van der Waals surface area contributed by atoms with Crippen LogP contribution in [0.1, 0.15) is 316 Å². The number of hydrogen-bond donors (Lipinski definition) is 0. The lowest BCUT2D eigenvalue weighted by molar-refractivity contribution is -0.167. The van der Waals surface area contributed by atoms with Gasteiger partial charge in [-0.15, -0.1) is 0 Å². The van der Waals surface area contributed by atoms with Gasteiger partial charge in [-0.1, -0.05) is 260 Å². The van der Waals surface area contributed by atoms with Gasteiger partial charge in [-0.05, 0) is 122 Å². The van der Waals surface area contributed by atoms with E-state index < -0.39 is 6.10 Å². The van der Waals surface area contributed by atoms with Gasteiger partial charge < -0.3 is 14.2 Å². The normalized spacial score (nSPS) is 12.6. The second kappa shape index (κ2) is 63.1. The Hall–Kier alpha value is -3.41. The van der Waals surface area contributed by atoms with E-state index in [1.807, 2.05) is 0 Å². The molecule has 1 unspecified atom stereocenters. The summed E-state index contributed by atoms with van der Waals surface area (Å²) in [5.41, 5.74) is 0. The van der Waals surface area contributed by atoms with E-state index in [-0.39, 0.29) is 31.1 Å². The van der Waals surface area contributed by atoms with E-state index in [0.29, 0.717) is 19.3 Å². The fraction of sp³-hybridized carbons (Fsp3) is 0.754. The first-order chi connectivity index (χ1) is 37.0. The molecule has 0 saturated carbocycles. The zero-order valence-corrected chi connectivity index (χ0v) is 49.6. The highest BCUT2D eigenvalue weighted by Crippen LogP contribution is 2.16. The average Bonchev–Trinajstić information content (AvgIpc) is 3.41. The van der Waals surface area contributed by atoms with Gasteiger partial charge in [-0.25, -0.2) is 0 Å². The summed E-state index contributed by atoms with van der Waals surface area (Å²) in [6.45, 7) is 6.58. The molecule has 0 rings (SSSR count). The molecule has 0 heterocycles. The molecule has 432 valence electrons. The third kappa shape index (κ3) is 61.3. The molecule has 0 radical (unpaired) electrons. The Kier molecular flexibility index (Phi) is 60.3. The number of rotatable bonds is 58. The highest BCUT2D eigenvalue weighted by atomic mass is 16.6. The summed E-state index contributed by atoms with van der Waals surface area (Å²) in [6, 6.07) is 0. The highest BCUT2D eigenvalue weighted by Gasteiger charge is 2.19. The first kappa shape index (κ1) is 71.6. The maximum Gasteiger partial charge on any atom is 0.306 e.